The first-order valence-electron chi connectivity index (χ1n) is 16.5. The first-order valence-corrected chi connectivity index (χ1v) is 16.5. The Hall–Kier alpha value is -6.54. The Balaban J connectivity index is 1.62. The first-order chi connectivity index (χ1) is 24.5. The van der Waals surface area contributed by atoms with Gasteiger partial charge in [0.25, 0.3) is 0 Å². The molecule has 8 bridgehead atoms. The van der Waals surface area contributed by atoms with E-state index < -0.39 is 11.9 Å². The Bertz CT molecular complexity index is 2210. The molecule has 2 aromatic carbocycles. The number of hydrogen-bond acceptors (Lipinski definition) is 6. The summed E-state index contributed by atoms with van der Waals surface area (Å²) in [6, 6.07) is 28.1. The van der Waals surface area contributed by atoms with Gasteiger partial charge in [-0.25, -0.2) is 19.6 Å². The minimum atomic E-state index is -0.435. The third kappa shape index (κ3) is 6.59. The minimum absolute atomic E-state index is 0.277. The zero-order valence-corrected chi connectivity index (χ0v) is 27.6. The fourth-order valence-corrected chi connectivity index (χ4v) is 6.10. The van der Waals surface area contributed by atoms with Gasteiger partial charge in [0.05, 0.1) is 36.0 Å². The number of ether oxygens (including phenoxy) is 2. The zero-order valence-electron chi connectivity index (χ0n) is 27.6. The largest absolute Gasteiger partial charge is 0.463 e. The number of nitrogens with one attached hydrogen (secondary N) is 2. The van der Waals surface area contributed by atoms with E-state index in [9.17, 15) is 9.59 Å². The van der Waals surface area contributed by atoms with Gasteiger partial charge in [0.1, 0.15) is 0 Å². The van der Waals surface area contributed by atoms with E-state index in [0.717, 1.165) is 66.8 Å². The molecule has 8 nitrogen and oxygen atoms in total. The van der Waals surface area contributed by atoms with Crippen molar-refractivity contribution in [2.75, 3.05) is 13.2 Å². The van der Waals surface area contributed by atoms with Gasteiger partial charge in [-0.15, -0.1) is 0 Å². The number of benzene rings is 2. The molecular formula is C42H34N4O4. The topological polar surface area (TPSA) is 110 Å². The van der Waals surface area contributed by atoms with Crippen LogP contribution in [-0.4, -0.2) is 45.1 Å². The average molecular weight is 659 g/mol. The second-order valence-corrected chi connectivity index (χ2v) is 11.5. The molecule has 8 heteroatoms. The molecule has 0 atom stereocenters. The molecule has 5 aromatic rings. The van der Waals surface area contributed by atoms with Crippen molar-refractivity contribution >= 4 is 70.5 Å². The fourth-order valence-electron chi connectivity index (χ4n) is 6.10. The zero-order chi connectivity index (χ0) is 34.5. The summed E-state index contributed by atoms with van der Waals surface area (Å²) in [5, 5.41) is 0. The number of aromatic nitrogens is 4. The molecule has 0 radical (unpaired) electrons. The maximum Gasteiger partial charge on any atom is 0.330 e. The normalized spacial score (nSPS) is 12.2. The summed E-state index contributed by atoms with van der Waals surface area (Å²) in [6.07, 6.45) is 14.2. The summed E-state index contributed by atoms with van der Waals surface area (Å²) in [6.45, 7) is 4.11. The van der Waals surface area contributed by atoms with E-state index >= 15 is 0 Å². The second-order valence-electron chi connectivity index (χ2n) is 11.5. The number of esters is 2. The highest BCUT2D eigenvalue weighted by Crippen LogP contribution is 2.34. The third-order valence-electron chi connectivity index (χ3n) is 8.31. The van der Waals surface area contributed by atoms with Crippen LogP contribution in [0.25, 0.3) is 80.8 Å². The molecule has 0 amide bonds. The van der Waals surface area contributed by atoms with Crippen molar-refractivity contribution in [3.05, 3.63) is 131 Å². The molecule has 3 aromatic heterocycles. The van der Waals surface area contributed by atoms with Crippen molar-refractivity contribution < 1.29 is 19.1 Å². The number of aromatic amines is 2. The van der Waals surface area contributed by atoms with Crippen LogP contribution in [-0.2, 0) is 19.1 Å². The standard InChI is InChI=1S/C42H34N4O4/c1-3-49-39(47)25-15-29-31-17-21-35(43-31)41(27-11-7-5-8-12-27)37-23-19-33(45-37)30(16-26-40(48)50-4-2)34-20-24-38(46-34)42(28-13-9-6-10-14-28)36-22-18-32(29)44-36/h5-26,43,46H,3-4H2,1-2H3/b25-15+,26-16+,31-29?,32-29?,33-30?,34-30?,41-35?,41-37?,42-36?,42-38?. The van der Waals surface area contributed by atoms with E-state index in [1.807, 2.05) is 109 Å². The lowest BCUT2D eigenvalue weighted by Gasteiger charge is -2.05. The van der Waals surface area contributed by atoms with Gasteiger partial charge in [0.15, 0.2) is 0 Å². The van der Waals surface area contributed by atoms with Crippen molar-refractivity contribution in [2.24, 2.45) is 0 Å². The molecule has 2 aliphatic rings. The smallest absolute Gasteiger partial charge is 0.330 e. The Labute approximate surface area is 289 Å². The predicted octanol–water partition coefficient (Wildman–Crippen LogP) is 9.14. The maximum atomic E-state index is 12.5. The monoisotopic (exact) mass is 658 g/mol. The van der Waals surface area contributed by atoms with E-state index in [-0.39, 0.29) is 13.2 Å². The number of carbonyl (C=O) groups is 2. The van der Waals surface area contributed by atoms with Gasteiger partial charge in [-0.05, 0) is 85.7 Å². The van der Waals surface area contributed by atoms with Gasteiger partial charge in [-0.1, -0.05) is 60.7 Å². The molecule has 0 aliphatic carbocycles. The molecule has 50 heavy (non-hydrogen) atoms. The predicted molar refractivity (Wildman–Crippen MR) is 201 cm³/mol. The highest BCUT2D eigenvalue weighted by Gasteiger charge is 2.17. The van der Waals surface area contributed by atoms with Crippen molar-refractivity contribution in [1.82, 2.24) is 19.9 Å². The summed E-state index contributed by atoms with van der Waals surface area (Å²) in [4.78, 5) is 42.5. The fraction of sp³-hybridized carbons (Fsp3) is 0.0952. The van der Waals surface area contributed by atoms with Gasteiger partial charge in [-0.3, -0.25) is 0 Å². The average Bonchev–Trinajstić information content (AvgIpc) is 3.97. The molecule has 0 spiro atoms. The van der Waals surface area contributed by atoms with Crippen LogP contribution in [0.15, 0.2) is 97.1 Å². The Kier molecular flexibility index (Phi) is 9.16. The van der Waals surface area contributed by atoms with E-state index in [0.29, 0.717) is 11.4 Å². The number of rotatable bonds is 8. The summed E-state index contributed by atoms with van der Waals surface area (Å²) in [5.41, 5.74) is 11.2. The van der Waals surface area contributed by atoms with Crippen LogP contribution in [0.1, 0.15) is 47.8 Å². The molecule has 0 unspecified atom stereocenters. The Morgan fingerprint density at radius 3 is 1.32 bits per heavy atom. The van der Waals surface area contributed by atoms with Crippen LogP contribution in [0.5, 0.6) is 0 Å². The molecule has 246 valence electrons. The molecule has 2 N–H and O–H groups in total. The number of H-pyrrole nitrogens is 2. The first kappa shape index (κ1) is 32.0. The SMILES string of the molecule is CCOC(=O)/C=C/c1c2nc(c(-c3ccccc3)c3ccc([nH]3)c(/C=C/C(=O)OCC)c3nc(c(-c4ccccc4)c4ccc1[nH]4)C=C3)C=C2. The van der Waals surface area contributed by atoms with Gasteiger partial charge < -0.3 is 19.4 Å². The summed E-state index contributed by atoms with van der Waals surface area (Å²) >= 11 is 0. The molecule has 2 aliphatic heterocycles. The molecule has 0 saturated carbocycles. The minimum Gasteiger partial charge on any atom is -0.463 e. The van der Waals surface area contributed by atoms with Crippen molar-refractivity contribution in [3.63, 3.8) is 0 Å². The van der Waals surface area contributed by atoms with Crippen LogP contribution in [0.3, 0.4) is 0 Å². The second kappa shape index (κ2) is 14.3. The molecule has 0 saturated heterocycles. The number of fused-ring (bicyclic) bond motifs is 8. The Morgan fingerprint density at radius 1 is 0.540 bits per heavy atom. The number of nitrogens with zero attached hydrogens (tertiary/aromatic N) is 2. The van der Waals surface area contributed by atoms with Crippen LogP contribution in [0.4, 0.5) is 0 Å². The van der Waals surface area contributed by atoms with E-state index in [4.69, 9.17) is 19.4 Å². The third-order valence-corrected chi connectivity index (χ3v) is 8.31. The van der Waals surface area contributed by atoms with Gasteiger partial charge in [0, 0.05) is 56.5 Å². The van der Waals surface area contributed by atoms with E-state index in [1.54, 1.807) is 26.0 Å². The van der Waals surface area contributed by atoms with Crippen molar-refractivity contribution in [3.8, 4) is 22.3 Å². The van der Waals surface area contributed by atoms with Gasteiger partial charge in [0.2, 0.25) is 0 Å². The summed E-state index contributed by atoms with van der Waals surface area (Å²) in [5.74, 6) is -0.870. The van der Waals surface area contributed by atoms with E-state index in [1.165, 1.54) is 12.2 Å². The van der Waals surface area contributed by atoms with Crippen LogP contribution < -0.4 is 0 Å². The van der Waals surface area contributed by atoms with Gasteiger partial charge in [-0.2, -0.15) is 0 Å². The lowest BCUT2D eigenvalue weighted by atomic mass is 10.0. The molecule has 0 fully saturated rings. The summed E-state index contributed by atoms with van der Waals surface area (Å²) in [7, 11) is 0. The molecule has 7 rings (SSSR count). The summed E-state index contributed by atoms with van der Waals surface area (Å²) < 4.78 is 10.4. The van der Waals surface area contributed by atoms with Crippen molar-refractivity contribution in [2.45, 2.75) is 13.8 Å². The number of carbonyl (C=O) groups excluding carboxylic acids is 2. The highest BCUT2D eigenvalue weighted by atomic mass is 16.5. The van der Waals surface area contributed by atoms with Crippen LogP contribution >= 0.6 is 0 Å². The van der Waals surface area contributed by atoms with Crippen LogP contribution in [0, 0.1) is 0 Å². The molecule has 5 heterocycles. The number of hydrogen-bond donors (Lipinski definition) is 2. The van der Waals surface area contributed by atoms with Crippen molar-refractivity contribution in [1.29, 1.82) is 0 Å². The maximum absolute atomic E-state index is 12.5. The van der Waals surface area contributed by atoms with Gasteiger partial charge >= 0.3 is 11.9 Å². The van der Waals surface area contributed by atoms with E-state index in [2.05, 4.69) is 9.97 Å². The molecular weight excluding hydrogens is 624 g/mol. The lowest BCUT2D eigenvalue weighted by molar-refractivity contribution is -0.138. The van der Waals surface area contributed by atoms with Crippen LogP contribution in [0.2, 0.25) is 0 Å². The lowest BCUT2D eigenvalue weighted by Crippen LogP contribution is -1.99. The Morgan fingerprint density at radius 2 is 0.920 bits per heavy atom. The quantitative estimate of drug-likeness (QED) is 0.125. The highest BCUT2D eigenvalue weighted by molar-refractivity contribution is 5.98.